The molecule has 40 heavy (non-hydrogen) atoms. The number of hydrogen-bond donors (Lipinski definition) is 0. The van der Waals surface area contributed by atoms with Crippen molar-refractivity contribution < 1.29 is 23.2 Å². The Kier molecular flexibility index (Phi) is 6.00. The molecule has 1 spiro atoms. The molecule has 2 saturated heterocycles. The molecule has 3 atom stereocenters. The fourth-order valence-corrected chi connectivity index (χ4v) is 8.91. The topological polar surface area (TPSA) is 77.7 Å². The van der Waals surface area contributed by atoms with Crippen LogP contribution in [0.1, 0.15) is 116 Å². The average Bonchev–Trinajstić information content (AvgIpc) is 3.84. The highest BCUT2D eigenvalue weighted by molar-refractivity contribution is 7.22. The lowest BCUT2D eigenvalue weighted by Crippen LogP contribution is -2.45. The molecule has 0 amide bonds. The predicted octanol–water partition coefficient (Wildman–Crippen LogP) is 7.24. The van der Waals surface area contributed by atoms with Crippen molar-refractivity contribution >= 4 is 32.7 Å². The zero-order valence-electron chi connectivity index (χ0n) is 23.0. The van der Waals surface area contributed by atoms with Crippen LogP contribution < -0.4 is 4.90 Å². The van der Waals surface area contributed by atoms with Crippen LogP contribution >= 0.6 is 11.3 Å². The number of hydrogen-bond acceptors (Lipinski definition) is 8. The van der Waals surface area contributed by atoms with E-state index in [1.807, 2.05) is 0 Å². The van der Waals surface area contributed by atoms with Crippen molar-refractivity contribution in [1.29, 1.82) is 0 Å². The van der Waals surface area contributed by atoms with Gasteiger partial charge in [-0.05, 0) is 94.6 Å². The second-order valence-electron chi connectivity index (χ2n) is 12.9. The number of carbonyl (C=O) groups excluding carboxylic acids is 1. The number of fused-ring (bicyclic) bond motifs is 3. The van der Waals surface area contributed by atoms with Gasteiger partial charge in [-0.3, -0.25) is 0 Å². The Labute approximate surface area is 237 Å². The lowest BCUT2D eigenvalue weighted by atomic mass is 9.77. The Bertz CT molecular complexity index is 1440. The molecule has 7 nitrogen and oxygen atoms in total. The van der Waals surface area contributed by atoms with E-state index in [9.17, 15) is 9.18 Å². The van der Waals surface area contributed by atoms with Crippen molar-refractivity contribution in [2.75, 3.05) is 12.0 Å². The van der Waals surface area contributed by atoms with Crippen molar-refractivity contribution in [2.45, 2.75) is 114 Å². The summed E-state index contributed by atoms with van der Waals surface area (Å²) in [4.78, 5) is 19.1. The summed E-state index contributed by atoms with van der Waals surface area (Å²) in [5, 5.41) is 5.49. The summed E-state index contributed by atoms with van der Waals surface area (Å²) in [6, 6.07) is 3.56. The molecule has 3 aromatic rings. The third kappa shape index (κ3) is 4.35. The standard InChI is InChI=1S/C31H36FN3O4S/c1-37-29(36)19-12-24(32)27-25(13-19)40-30(33-27)35-20-4-5-21(35)15-22(14-20)38-16-23-26(34-39-28(23)18-2-3-18)17-6-8-31(9-7-17)10-11-31/h12-13,17-18,20-22H,2-11,14-16H2,1H3/t20-,21?,22?/m0/s1. The Morgan fingerprint density at radius 2 is 1.82 bits per heavy atom. The zero-order chi connectivity index (χ0) is 27.0. The second kappa shape index (κ2) is 9.51. The third-order valence-corrected chi connectivity index (χ3v) is 11.4. The Balaban J connectivity index is 0.973. The quantitative estimate of drug-likeness (QED) is 0.279. The van der Waals surface area contributed by atoms with Crippen LogP contribution in [-0.4, -0.2) is 41.4 Å². The normalized spacial score (nSPS) is 27.6. The number of rotatable bonds is 7. The number of ether oxygens (including phenoxy) is 2. The van der Waals surface area contributed by atoms with Gasteiger partial charge in [-0.25, -0.2) is 14.2 Å². The molecule has 2 unspecified atom stereocenters. The van der Waals surface area contributed by atoms with E-state index in [1.54, 1.807) is 6.07 Å². The third-order valence-electron chi connectivity index (χ3n) is 10.4. The van der Waals surface area contributed by atoms with Gasteiger partial charge in [0.2, 0.25) is 0 Å². The first-order valence-corrected chi connectivity index (χ1v) is 15.9. The number of nitrogens with zero attached hydrogens (tertiary/aromatic N) is 3. The molecule has 3 saturated carbocycles. The van der Waals surface area contributed by atoms with Crippen molar-refractivity contribution in [2.24, 2.45) is 5.41 Å². The van der Waals surface area contributed by atoms with Crippen LogP contribution in [0, 0.1) is 11.2 Å². The number of thiazole rings is 1. The number of halogens is 1. The van der Waals surface area contributed by atoms with Crippen LogP contribution in [0.15, 0.2) is 16.7 Å². The lowest BCUT2D eigenvalue weighted by Gasteiger charge is -2.38. The highest BCUT2D eigenvalue weighted by atomic mass is 32.1. The molecule has 0 N–H and O–H groups in total. The Morgan fingerprint density at radius 3 is 2.50 bits per heavy atom. The van der Waals surface area contributed by atoms with Gasteiger partial charge in [-0.15, -0.1) is 0 Å². The minimum atomic E-state index is -0.537. The molecule has 5 fully saturated rings. The van der Waals surface area contributed by atoms with Gasteiger partial charge >= 0.3 is 5.97 Å². The molecule has 1 aromatic carbocycles. The van der Waals surface area contributed by atoms with Crippen LogP contribution in [0.25, 0.3) is 10.2 Å². The minimum absolute atomic E-state index is 0.182. The first-order valence-electron chi connectivity index (χ1n) is 15.1. The van der Waals surface area contributed by atoms with Crippen molar-refractivity contribution in [3.05, 3.63) is 40.5 Å². The highest BCUT2D eigenvalue weighted by Gasteiger charge is 2.47. The smallest absolute Gasteiger partial charge is 0.338 e. The fourth-order valence-electron chi connectivity index (χ4n) is 7.75. The Morgan fingerprint density at radius 1 is 1.07 bits per heavy atom. The van der Waals surface area contributed by atoms with Gasteiger partial charge in [-0.1, -0.05) is 16.5 Å². The largest absolute Gasteiger partial charge is 0.465 e. The summed E-state index contributed by atoms with van der Waals surface area (Å²) in [5.41, 5.74) is 3.64. The number of carbonyl (C=O) groups is 1. The molecule has 2 bridgehead atoms. The van der Waals surface area contributed by atoms with Crippen LogP contribution in [0.4, 0.5) is 9.52 Å². The lowest BCUT2D eigenvalue weighted by molar-refractivity contribution is 0.0140. The van der Waals surface area contributed by atoms with E-state index in [4.69, 9.17) is 14.0 Å². The van der Waals surface area contributed by atoms with Gasteiger partial charge in [0, 0.05) is 29.5 Å². The summed E-state index contributed by atoms with van der Waals surface area (Å²) in [6.45, 7) is 0.596. The summed E-state index contributed by atoms with van der Waals surface area (Å²) in [5.74, 6) is 1.11. The SMILES string of the molecule is COC(=O)c1cc(F)c2nc(N3C4CC[C@H]3CC(OCc3c(C5CCC6(CC5)CC6)noc3C3CC3)C4)sc2c1. The van der Waals surface area contributed by atoms with Gasteiger partial charge in [0.15, 0.2) is 10.9 Å². The van der Waals surface area contributed by atoms with Crippen LogP contribution in [0.2, 0.25) is 0 Å². The number of methoxy groups -OCH3 is 1. The number of anilines is 1. The average molecular weight is 566 g/mol. The molecule has 212 valence electrons. The maximum Gasteiger partial charge on any atom is 0.338 e. The van der Waals surface area contributed by atoms with Gasteiger partial charge in [0.1, 0.15) is 11.3 Å². The van der Waals surface area contributed by atoms with E-state index in [-0.39, 0.29) is 11.7 Å². The zero-order valence-corrected chi connectivity index (χ0v) is 23.8. The molecule has 8 rings (SSSR count). The van der Waals surface area contributed by atoms with Gasteiger partial charge < -0.3 is 18.9 Å². The first kappa shape index (κ1) is 25.2. The molecule has 5 aliphatic rings. The van der Waals surface area contributed by atoms with Crippen molar-refractivity contribution in [1.82, 2.24) is 10.1 Å². The van der Waals surface area contributed by atoms with E-state index in [2.05, 4.69) is 15.0 Å². The molecule has 3 aliphatic carbocycles. The summed E-state index contributed by atoms with van der Waals surface area (Å²) in [6.07, 6.45) is 14.6. The number of esters is 1. The van der Waals surface area contributed by atoms with Gasteiger partial charge in [0.25, 0.3) is 0 Å². The molecule has 2 aliphatic heterocycles. The summed E-state index contributed by atoms with van der Waals surface area (Å²) >= 11 is 1.46. The van der Waals surface area contributed by atoms with Gasteiger partial charge in [0.05, 0.1) is 35.8 Å². The molecule has 2 aromatic heterocycles. The molecule has 4 heterocycles. The van der Waals surface area contributed by atoms with Crippen LogP contribution in [0.3, 0.4) is 0 Å². The molecule has 9 heteroatoms. The first-order chi connectivity index (χ1) is 19.5. The second-order valence-corrected chi connectivity index (χ2v) is 14.0. The maximum absolute atomic E-state index is 14.8. The van der Waals surface area contributed by atoms with Crippen LogP contribution in [-0.2, 0) is 16.1 Å². The van der Waals surface area contributed by atoms with E-state index >= 15 is 0 Å². The fraction of sp³-hybridized carbons (Fsp3) is 0.645. The van der Waals surface area contributed by atoms with Crippen LogP contribution in [0.5, 0.6) is 0 Å². The predicted molar refractivity (Wildman–Crippen MR) is 149 cm³/mol. The number of piperidine rings is 1. The summed E-state index contributed by atoms with van der Waals surface area (Å²) < 4.78 is 32.9. The van der Waals surface area contributed by atoms with Gasteiger partial charge in [-0.2, -0.15) is 0 Å². The van der Waals surface area contributed by atoms with E-state index in [0.29, 0.717) is 46.2 Å². The maximum atomic E-state index is 14.8. The van der Waals surface area contributed by atoms with Crippen molar-refractivity contribution in [3.63, 3.8) is 0 Å². The van der Waals surface area contributed by atoms with E-state index in [0.717, 1.165) is 36.6 Å². The number of benzene rings is 1. The monoisotopic (exact) mass is 565 g/mol. The highest BCUT2D eigenvalue weighted by Crippen LogP contribution is 2.59. The molecular weight excluding hydrogens is 529 g/mol. The molecular formula is C31H36FN3O4S. The van der Waals surface area contributed by atoms with E-state index < -0.39 is 11.8 Å². The van der Waals surface area contributed by atoms with E-state index in [1.165, 1.54) is 87.1 Å². The Hall–Kier alpha value is -2.52. The summed E-state index contributed by atoms with van der Waals surface area (Å²) in [7, 11) is 1.31. The number of aromatic nitrogens is 2. The van der Waals surface area contributed by atoms with Crippen molar-refractivity contribution in [3.8, 4) is 0 Å². The molecule has 0 radical (unpaired) electrons. The minimum Gasteiger partial charge on any atom is -0.465 e.